The molecule has 1 aliphatic rings. The number of nitrogens with zero attached hydrogens (tertiary/aromatic N) is 1. The Morgan fingerprint density at radius 3 is 2.65 bits per heavy atom. The molecule has 1 amide bonds. The molecule has 0 radical (unpaired) electrons. The lowest BCUT2D eigenvalue weighted by molar-refractivity contribution is 0.0154. The number of likely N-dealkylation sites (tertiary alicyclic amines) is 1. The number of halogens is 3. The Labute approximate surface area is 162 Å². The zero-order valence-electron chi connectivity index (χ0n) is 15.2. The number of carbonyl (C=O) groups excluding carboxylic acids is 1. The number of amides is 1. The van der Waals surface area contributed by atoms with Crippen molar-refractivity contribution in [2.24, 2.45) is 5.92 Å². The fourth-order valence-electron chi connectivity index (χ4n) is 3.51. The Morgan fingerprint density at radius 1 is 1.35 bits per heavy atom. The van der Waals surface area contributed by atoms with E-state index in [-0.39, 0.29) is 23.0 Å². The zero-order valence-corrected chi connectivity index (χ0v) is 16.7. The summed E-state index contributed by atoms with van der Waals surface area (Å²) >= 11 is 12.2. The van der Waals surface area contributed by atoms with Crippen molar-refractivity contribution >= 4 is 40.3 Å². The first-order chi connectivity index (χ1) is 12.1. The van der Waals surface area contributed by atoms with Gasteiger partial charge in [0.1, 0.15) is 23.3 Å². The second kappa shape index (κ2) is 6.93. The van der Waals surface area contributed by atoms with Gasteiger partial charge in [0.2, 0.25) is 0 Å². The molecule has 0 saturated carbocycles. The number of carbonyl (C=O) groups is 1. The van der Waals surface area contributed by atoms with Crippen molar-refractivity contribution in [3.05, 3.63) is 33.8 Å². The molecule has 1 aromatic heterocycles. The number of hydrogen-bond acceptors (Lipinski definition) is 3. The van der Waals surface area contributed by atoms with Crippen molar-refractivity contribution in [1.29, 1.82) is 0 Å². The average Bonchev–Trinajstić information content (AvgIpc) is 2.88. The number of piperidine rings is 1. The number of fused-ring (bicyclic) bond motifs is 1. The van der Waals surface area contributed by atoms with Crippen molar-refractivity contribution in [2.45, 2.75) is 45.6 Å². The molecule has 7 heteroatoms. The Kier molecular flexibility index (Phi) is 5.15. The van der Waals surface area contributed by atoms with Gasteiger partial charge in [0, 0.05) is 24.0 Å². The van der Waals surface area contributed by atoms with Gasteiger partial charge >= 0.3 is 6.09 Å². The molecular weight excluding hydrogens is 380 g/mol. The van der Waals surface area contributed by atoms with Gasteiger partial charge in [-0.1, -0.05) is 30.1 Å². The van der Waals surface area contributed by atoms with Crippen molar-refractivity contribution < 1.29 is 18.3 Å². The van der Waals surface area contributed by atoms with Gasteiger partial charge in [0.25, 0.3) is 0 Å². The topological polar surface area (TPSA) is 42.7 Å². The van der Waals surface area contributed by atoms with Crippen LogP contribution in [0.4, 0.5) is 9.18 Å². The molecule has 4 nitrogen and oxygen atoms in total. The Balaban J connectivity index is 1.88. The van der Waals surface area contributed by atoms with E-state index in [0.717, 1.165) is 0 Å². The zero-order chi connectivity index (χ0) is 19.2. The minimum Gasteiger partial charge on any atom is -0.462 e. The summed E-state index contributed by atoms with van der Waals surface area (Å²) in [5.41, 5.74) is 0.322. The quantitative estimate of drug-likeness (QED) is 0.567. The number of benzene rings is 1. The Bertz CT molecular complexity index is 843. The lowest BCUT2D eigenvalue weighted by atomic mass is 9.81. The standard InChI is InChI=1S/C19H22Cl2FNO3/c1-10-8-23(18(24)26-19(2,3)4)6-5-11(10)15-16(22)13(20)7-12-14(21)9-25-17(12)15/h7,9-11H,5-6,8H2,1-4H3. The second-order valence-corrected chi connectivity index (χ2v) is 8.66. The molecule has 1 aliphatic heterocycles. The predicted molar refractivity (Wildman–Crippen MR) is 101 cm³/mol. The molecule has 1 aromatic carbocycles. The van der Waals surface area contributed by atoms with Crippen molar-refractivity contribution in [2.75, 3.05) is 13.1 Å². The minimum atomic E-state index is -0.548. The van der Waals surface area contributed by atoms with Gasteiger partial charge in [-0.05, 0) is 45.1 Å². The van der Waals surface area contributed by atoms with Gasteiger partial charge in [-0.2, -0.15) is 0 Å². The summed E-state index contributed by atoms with van der Waals surface area (Å²) in [5, 5.41) is 1.04. The first-order valence-electron chi connectivity index (χ1n) is 8.61. The molecule has 1 saturated heterocycles. The van der Waals surface area contributed by atoms with Gasteiger partial charge in [0.15, 0.2) is 0 Å². The highest BCUT2D eigenvalue weighted by Gasteiger charge is 2.35. The number of hydrogen-bond donors (Lipinski definition) is 0. The maximum Gasteiger partial charge on any atom is 0.410 e. The number of furan rings is 1. The highest BCUT2D eigenvalue weighted by molar-refractivity contribution is 6.37. The van der Waals surface area contributed by atoms with E-state index in [2.05, 4.69) is 0 Å². The third kappa shape index (κ3) is 3.65. The van der Waals surface area contributed by atoms with Crippen LogP contribution in [-0.2, 0) is 4.74 Å². The molecule has 0 bridgehead atoms. The molecule has 1 fully saturated rings. The lowest BCUT2D eigenvalue weighted by Crippen LogP contribution is -2.44. The Morgan fingerprint density at radius 2 is 2.04 bits per heavy atom. The van der Waals surface area contributed by atoms with Crippen LogP contribution in [0.3, 0.4) is 0 Å². The second-order valence-electron chi connectivity index (χ2n) is 7.85. The van der Waals surface area contributed by atoms with Gasteiger partial charge < -0.3 is 14.1 Å². The molecule has 2 aromatic rings. The number of ether oxygens (including phenoxy) is 1. The third-order valence-electron chi connectivity index (χ3n) is 4.67. The first-order valence-corrected chi connectivity index (χ1v) is 9.36. The summed E-state index contributed by atoms with van der Waals surface area (Å²) in [6.45, 7) is 8.44. The SMILES string of the molecule is CC1CN(C(=O)OC(C)(C)C)CCC1c1c(F)c(Cl)cc2c(Cl)coc12. The minimum absolute atomic E-state index is 0.0105. The predicted octanol–water partition coefficient (Wildman–Crippen LogP) is 6.24. The van der Waals surface area contributed by atoms with Crippen molar-refractivity contribution in [3.8, 4) is 0 Å². The smallest absolute Gasteiger partial charge is 0.410 e. The van der Waals surface area contributed by atoms with Gasteiger partial charge in [-0.15, -0.1) is 0 Å². The Hall–Kier alpha value is -1.46. The van der Waals surface area contributed by atoms with Crippen LogP contribution in [0.1, 0.15) is 45.6 Å². The van der Waals surface area contributed by atoms with E-state index in [1.54, 1.807) is 4.90 Å². The van der Waals surface area contributed by atoms with E-state index in [1.807, 2.05) is 27.7 Å². The maximum atomic E-state index is 14.8. The monoisotopic (exact) mass is 401 g/mol. The van der Waals surface area contributed by atoms with Crippen LogP contribution >= 0.6 is 23.2 Å². The summed E-state index contributed by atoms with van der Waals surface area (Å²) in [4.78, 5) is 14.0. The van der Waals surface area contributed by atoms with Crippen molar-refractivity contribution in [1.82, 2.24) is 4.90 Å². The summed E-state index contributed by atoms with van der Waals surface area (Å²) in [5.74, 6) is -0.596. The highest BCUT2D eigenvalue weighted by atomic mass is 35.5. The van der Waals surface area contributed by atoms with Crippen LogP contribution in [0, 0.1) is 11.7 Å². The fourth-order valence-corrected chi connectivity index (χ4v) is 3.90. The molecule has 0 spiro atoms. The molecule has 26 heavy (non-hydrogen) atoms. The van der Waals surface area contributed by atoms with Crippen LogP contribution < -0.4 is 0 Å². The van der Waals surface area contributed by atoms with E-state index in [0.29, 0.717) is 41.1 Å². The summed E-state index contributed by atoms with van der Waals surface area (Å²) in [6.07, 6.45) is 1.64. The molecule has 0 N–H and O–H groups in total. The van der Waals surface area contributed by atoms with Gasteiger partial charge in [-0.25, -0.2) is 9.18 Å². The third-order valence-corrected chi connectivity index (χ3v) is 5.24. The van der Waals surface area contributed by atoms with Crippen LogP contribution in [0.2, 0.25) is 10.0 Å². The molecule has 142 valence electrons. The molecule has 2 heterocycles. The summed E-state index contributed by atoms with van der Waals surface area (Å²) in [7, 11) is 0. The van der Waals surface area contributed by atoms with Crippen LogP contribution in [0.25, 0.3) is 11.0 Å². The van der Waals surface area contributed by atoms with E-state index >= 15 is 0 Å². The molecule has 2 unspecified atom stereocenters. The summed E-state index contributed by atoms with van der Waals surface area (Å²) in [6, 6.07) is 1.49. The molecule has 3 rings (SSSR count). The average molecular weight is 402 g/mol. The fraction of sp³-hybridized carbons (Fsp3) is 0.526. The molecular formula is C19H22Cl2FNO3. The normalized spacial score (nSPS) is 21.3. The van der Waals surface area contributed by atoms with Gasteiger partial charge in [-0.3, -0.25) is 0 Å². The molecule has 2 atom stereocenters. The van der Waals surface area contributed by atoms with Gasteiger partial charge in [0.05, 0.1) is 10.0 Å². The first kappa shape index (κ1) is 19.3. The summed E-state index contributed by atoms with van der Waals surface area (Å²) < 4.78 is 25.8. The molecule has 0 aliphatic carbocycles. The largest absolute Gasteiger partial charge is 0.462 e. The van der Waals surface area contributed by atoms with E-state index in [4.69, 9.17) is 32.4 Å². The van der Waals surface area contributed by atoms with Crippen LogP contribution in [0.15, 0.2) is 16.7 Å². The van der Waals surface area contributed by atoms with E-state index in [1.165, 1.54) is 12.3 Å². The van der Waals surface area contributed by atoms with Crippen LogP contribution in [0.5, 0.6) is 0 Å². The van der Waals surface area contributed by atoms with E-state index < -0.39 is 11.4 Å². The van der Waals surface area contributed by atoms with Crippen LogP contribution in [-0.4, -0.2) is 29.7 Å². The maximum absolute atomic E-state index is 14.8. The highest BCUT2D eigenvalue weighted by Crippen LogP contribution is 2.42. The number of rotatable bonds is 1. The van der Waals surface area contributed by atoms with Crippen molar-refractivity contribution in [3.63, 3.8) is 0 Å². The van der Waals surface area contributed by atoms with E-state index in [9.17, 15) is 9.18 Å². The lowest BCUT2D eigenvalue weighted by Gasteiger charge is -2.37.